The van der Waals surface area contributed by atoms with E-state index in [-0.39, 0.29) is 30.9 Å². The summed E-state index contributed by atoms with van der Waals surface area (Å²) >= 11 is 0. The summed E-state index contributed by atoms with van der Waals surface area (Å²) in [6.07, 6.45) is 4.01. The smallest absolute Gasteiger partial charge is 0.252 e. The van der Waals surface area contributed by atoms with Crippen molar-refractivity contribution in [1.29, 1.82) is 0 Å². The molecule has 7 heteroatoms. The van der Waals surface area contributed by atoms with Gasteiger partial charge in [0, 0.05) is 19.0 Å². The average molecular weight is 359 g/mol. The third-order valence-electron chi connectivity index (χ3n) is 4.90. The van der Waals surface area contributed by atoms with Crippen molar-refractivity contribution < 1.29 is 18.4 Å². The molecule has 138 valence electrons. The maximum Gasteiger partial charge on any atom is 0.252 e. The normalized spacial score (nSPS) is 20.3. The molecule has 0 N–H and O–H groups in total. The quantitative estimate of drug-likeness (QED) is 0.793. The third-order valence-corrected chi connectivity index (χ3v) is 4.90. The van der Waals surface area contributed by atoms with Gasteiger partial charge in [-0.1, -0.05) is 23.4 Å². The van der Waals surface area contributed by atoms with E-state index in [9.17, 15) is 9.18 Å². The van der Waals surface area contributed by atoms with Crippen molar-refractivity contribution in [3.05, 3.63) is 47.4 Å². The zero-order valence-corrected chi connectivity index (χ0v) is 14.6. The predicted molar refractivity (Wildman–Crippen MR) is 90.8 cm³/mol. The fourth-order valence-electron chi connectivity index (χ4n) is 3.24. The van der Waals surface area contributed by atoms with E-state index in [0.717, 1.165) is 31.5 Å². The highest BCUT2D eigenvalue weighted by Crippen LogP contribution is 2.38. The summed E-state index contributed by atoms with van der Waals surface area (Å²) in [4.78, 5) is 18.6. The highest BCUT2D eigenvalue weighted by molar-refractivity contribution is 5.79. The molecular weight excluding hydrogens is 337 g/mol. The van der Waals surface area contributed by atoms with Crippen LogP contribution in [0.4, 0.5) is 4.39 Å². The Morgan fingerprint density at radius 2 is 2.15 bits per heavy atom. The van der Waals surface area contributed by atoms with Gasteiger partial charge in [0.15, 0.2) is 5.82 Å². The number of nitrogens with zero attached hydrogens (tertiary/aromatic N) is 3. The Labute approximate surface area is 151 Å². The van der Waals surface area contributed by atoms with Gasteiger partial charge in [-0.15, -0.1) is 0 Å². The van der Waals surface area contributed by atoms with Crippen molar-refractivity contribution in [3.63, 3.8) is 0 Å². The lowest BCUT2D eigenvalue weighted by atomic mass is 10.1. The van der Waals surface area contributed by atoms with Crippen LogP contribution in [0.3, 0.4) is 0 Å². The first-order valence-electron chi connectivity index (χ1n) is 9.14. The summed E-state index contributed by atoms with van der Waals surface area (Å²) in [5.41, 5.74) is 0.430. The van der Waals surface area contributed by atoms with Crippen LogP contribution in [-0.4, -0.2) is 40.1 Å². The van der Waals surface area contributed by atoms with Gasteiger partial charge in [0.1, 0.15) is 12.4 Å². The van der Waals surface area contributed by atoms with E-state index in [0.29, 0.717) is 30.5 Å². The Bertz CT molecular complexity index is 775. The Hall–Kier alpha value is -2.28. The molecule has 1 saturated heterocycles. The Morgan fingerprint density at radius 3 is 2.96 bits per heavy atom. The number of carbonyl (C=O) groups is 1. The van der Waals surface area contributed by atoms with E-state index in [1.807, 2.05) is 0 Å². The molecule has 2 aliphatic rings. The monoisotopic (exact) mass is 359 g/mol. The molecule has 6 nitrogen and oxygen atoms in total. The van der Waals surface area contributed by atoms with E-state index in [4.69, 9.17) is 9.26 Å². The van der Waals surface area contributed by atoms with Crippen LogP contribution < -0.4 is 0 Å². The molecule has 1 aliphatic carbocycles. The van der Waals surface area contributed by atoms with Crippen molar-refractivity contribution in [2.24, 2.45) is 0 Å². The average Bonchev–Trinajstić information content (AvgIpc) is 3.40. The lowest BCUT2D eigenvalue weighted by Gasteiger charge is -2.32. The summed E-state index contributed by atoms with van der Waals surface area (Å²) in [6.45, 7) is 1.45. The molecule has 1 unspecified atom stereocenters. The van der Waals surface area contributed by atoms with E-state index in [2.05, 4.69) is 10.1 Å². The zero-order valence-electron chi connectivity index (χ0n) is 14.6. The molecule has 1 aromatic carbocycles. The first-order chi connectivity index (χ1) is 12.7. The number of hydrogen-bond acceptors (Lipinski definition) is 5. The van der Waals surface area contributed by atoms with Crippen LogP contribution in [0.5, 0.6) is 0 Å². The van der Waals surface area contributed by atoms with Crippen LogP contribution in [0.2, 0.25) is 0 Å². The standard InChI is InChI=1S/C19H22FN3O3/c20-16-6-2-1-4-14(16)10-18(24)23-9-3-5-15(11-23)25-12-17-21-19(22-26-17)13-7-8-13/h1-2,4,6,13,15H,3,5,7-12H2. The lowest BCUT2D eigenvalue weighted by molar-refractivity contribution is -0.135. The number of ether oxygens (including phenoxy) is 1. The Morgan fingerprint density at radius 1 is 1.31 bits per heavy atom. The van der Waals surface area contributed by atoms with E-state index >= 15 is 0 Å². The largest absolute Gasteiger partial charge is 0.367 e. The van der Waals surface area contributed by atoms with Gasteiger partial charge in [0.05, 0.1) is 12.5 Å². The number of likely N-dealkylation sites (tertiary alicyclic amines) is 1. The molecule has 2 fully saturated rings. The Balaban J connectivity index is 1.29. The topological polar surface area (TPSA) is 68.5 Å². The predicted octanol–water partition coefficient (Wildman–Crippen LogP) is 2.84. The van der Waals surface area contributed by atoms with Crippen molar-refractivity contribution in [2.45, 2.75) is 50.7 Å². The molecular formula is C19H22FN3O3. The summed E-state index contributed by atoms with van der Waals surface area (Å²) < 4.78 is 24.8. The van der Waals surface area contributed by atoms with Crippen molar-refractivity contribution in [1.82, 2.24) is 15.0 Å². The van der Waals surface area contributed by atoms with Gasteiger partial charge in [-0.05, 0) is 37.3 Å². The summed E-state index contributed by atoms with van der Waals surface area (Å²) in [7, 11) is 0. The second-order valence-electron chi connectivity index (χ2n) is 7.00. The summed E-state index contributed by atoms with van der Waals surface area (Å²) in [6, 6.07) is 6.40. The molecule has 4 rings (SSSR count). The molecule has 2 aromatic rings. The Kier molecular flexibility index (Phi) is 4.97. The van der Waals surface area contributed by atoms with Crippen molar-refractivity contribution in [2.75, 3.05) is 13.1 Å². The van der Waals surface area contributed by atoms with Gasteiger partial charge in [-0.3, -0.25) is 4.79 Å². The van der Waals surface area contributed by atoms with E-state index in [1.165, 1.54) is 6.07 Å². The second kappa shape index (κ2) is 7.53. The number of hydrogen-bond donors (Lipinski definition) is 0. The number of rotatable bonds is 6. The zero-order chi connectivity index (χ0) is 17.9. The summed E-state index contributed by atoms with van der Waals surface area (Å²) in [5, 5.41) is 3.97. The minimum Gasteiger partial charge on any atom is -0.367 e. The van der Waals surface area contributed by atoms with Crippen LogP contribution in [0.25, 0.3) is 0 Å². The molecule has 0 bridgehead atoms. The number of halogens is 1. The number of piperidine rings is 1. The fourth-order valence-corrected chi connectivity index (χ4v) is 3.24. The SMILES string of the molecule is O=C(Cc1ccccc1F)N1CCCC(OCc2nc(C3CC3)no2)C1. The molecule has 1 aromatic heterocycles. The third kappa shape index (κ3) is 4.09. The highest BCUT2D eigenvalue weighted by Gasteiger charge is 2.29. The van der Waals surface area contributed by atoms with E-state index < -0.39 is 0 Å². The molecule has 1 amide bonds. The van der Waals surface area contributed by atoms with Crippen LogP contribution >= 0.6 is 0 Å². The van der Waals surface area contributed by atoms with Gasteiger partial charge < -0.3 is 14.2 Å². The van der Waals surface area contributed by atoms with Gasteiger partial charge >= 0.3 is 0 Å². The van der Waals surface area contributed by atoms with Crippen LogP contribution in [-0.2, 0) is 22.6 Å². The highest BCUT2D eigenvalue weighted by atomic mass is 19.1. The molecule has 1 saturated carbocycles. The minimum atomic E-state index is -0.339. The number of amides is 1. The maximum absolute atomic E-state index is 13.7. The van der Waals surface area contributed by atoms with Gasteiger partial charge in [-0.2, -0.15) is 4.98 Å². The fraction of sp³-hybridized carbons (Fsp3) is 0.526. The van der Waals surface area contributed by atoms with Crippen molar-refractivity contribution in [3.8, 4) is 0 Å². The number of carbonyl (C=O) groups excluding carboxylic acids is 1. The number of benzene rings is 1. The van der Waals surface area contributed by atoms with Gasteiger partial charge in [0.2, 0.25) is 5.91 Å². The molecule has 1 atom stereocenters. The minimum absolute atomic E-state index is 0.0652. The number of aromatic nitrogens is 2. The van der Waals surface area contributed by atoms with Gasteiger partial charge in [0.25, 0.3) is 5.89 Å². The van der Waals surface area contributed by atoms with Crippen molar-refractivity contribution >= 4 is 5.91 Å². The lowest BCUT2D eigenvalue weighted by Crippen LogP contribution is -2.43. The summed E-state index contributed by atoms with van der Waals surface area (Å²) in [5.74, 6) is 1.30. The van der Waals surface area contributed by atoms with Gasteiger partial charge in [-0.25, -0.2) is 4.39 Å². The molecule has 26 heavy (non-hydrogen) atoms. The first-order valence-corrected chi connectivity index (χ1v) is 9.14. The molecule has 0 radical (unpaired) electrons. The molecule has 1 aliphatic heterocycles. The van der Waals surface area contributed by atoms with Crippen LogP contribution in [0, 0.1) is 5.82 Å². The molecule has 2 heterocycles. The second-order valence-corrected chi connectivity index (χ2v) is 7.00. The van der Waals surface area contributed by atoms with Crippen LogP contribution in [0.1, 0.15) is 48.9 Å². The van der Waals surface area contributed by atoms with E-state index in [1.54, 1.807) is 23.1 Å². The maximum atomic E-state index is 13.7. The molecule has 0 spiro atoms. The van der Waals surface area contributed by atoms with Crippen LogP contribution in [0.15, 0.2) is 28.8 Å². The first kappa shape index (κ1) is 17.1.